The number of hydrogen-bond acceptors (Lipinski definition) is 5. The van der Waals surface area contributed by atoms with Crippen LogP contribution in [0.2, 0.25) is 0 Å². The number of urea groups is 1. The summed E-state index contributed by atoms with van der Waals surface area (Å²) in [6.07, 6.45) is 6.20. The number of anilines is 1. The zero-order chi connectivity index (χ0) is 13.7. The van der Waals surface area contributed by atoms with E-state index in [2.05, 4.69) is 25.8 Å². The summed E-state index contributed by atoms with van der Waals surface area (Å²) >= 11 is 0. The fourth-order valence-electron chi connectivity index (χ4n) is 2.20. The number of nitrogens with zero attached hydrogens (tertiary/aromatic N) is 3. The quantitative estimate of drug-likeness (QED) is 0.743. The zero-order valence-electron chi connectivity index (χ0n) is 10.3. The van der Waals surface area contributed by atoms with Crippen molar-refractivity contribution in [3.8, 4) is 0 Å². The zero-order valence-corrected chi connectivity index (χ0v) is 10.3. The van der Waals surface area contributed by atoms with Gasteiger partial charge in [0.05, 0.1) is 12.4 Å². The number of amides is 2. The van der Waals surface area contributed by atoms with Crippen LogP contribution in [0.3, 0.4) is 0 Å². The predicted molar refractivity (Wildman–Crippen MR) is 65.4 cm³/mol. The van der Waals surface area contributed by atoms with Crippen molar-refractivity contribution < 1.29 is 14.7 Å². The molecule has 102 valence electrons. The fourth-order valence-corrected chi connectivity index (χ4v) is 2.20. The third kappa shape index (κ3) is 3.15. The first-order valence-electron chi connectivity index (χ1n) is 6.09. The molecular weight excluding hydrogens is 250 g/mol. The highest BCUT2D eigenvalue weighted by molar-refractivity contribution is 5.92. The van der Waals surface area contributed by atoms with E-state index in [1.165, 1.54) is 12.4 Å². The van der Waals surface area contributed by atoms with Gasteiger partial charge >= 0.3 is 12.0 Å². The highest BCUT2D eigenvalue weighted by atomic mass is 16.4. The van der Waals surface area contributed by atoms with Crippen molar-refractivity contribution >= 4 is 17.9 Å². The Balaban J connectivity index is 2.01. The number of carboxylic acids is 1. The molecule has 0 radical (unpaired) electrons. The summed E-state index contributed by atoms with van der Waals surface area (Å²) in [6, 6.07) is -0.627. The molecule has 8 heteroatoms. The van der Waals surface area contributed by atoms with E-state index in [9.17, 15) is 14.7 Å². The van der Waals surface area contributed by atoms with Crippen molar-refractivity contribution in [3.05, 3.63) is 12.4 Å². The molecule has 0 unspecified atom stereocenters. The van der Waals surface area contributed by atoms with Crippen LogP contribution in [0.1, 0.15) is 32.1 Å². The molecule has 0 atom stereocenters. The molecule has 2 amide bonds. The van der Waals surface area contributed by atoms with Crippen LogP contribution in [0.4, 0.5) is 10.7 Å². The van der Waals surface area contributed by atoms with Gasteiger partial charge in [0.15, 0.2) is 0 Å². The molecule has 1 saturated carbocycles. The van der Waals surface area contributed by atoms with Gasteiger partial charge in [0.2, 0.25) is 0 Å². The standard InChI is InChI=1S/C11H15N5O3/c17-8(18)11(4-2-1-3-5-11)15-10(19)14-9-12-6-7-13-16-9/h6-7H,1-5H2,(H,17,18)(H2,12,14,15,16,19). The van der Waals surface area contributed by atoms with Crippen molar-refractivity contribution in [2.45, 2.75) is 37.6 Å². The molecule has 1 aromatic rings. The molecule has 8 nitrogen and oxygen atoms in total. The Labute approximate surface area is 109 Å². The SMILES string of the molecule is O=C(Nc1nccnn1)NC1(C(=O)O)CCCCC1. The maximum atomic E-state index is 11.8. The van der Waals surface area contributed by atoms with Crippen LogP contribution in [0.5, 0.6) is 0 Å². The molecule has 0 spiro atoms. The number of rotatable bonds is 3. The lowest BCUT2D eigenvalue weighted by Crippen LogP contribution is -2.56. The number of carbonyl (C=O) groups excluding carboxylic acids is 1. The van der Waals surface area contributed by atoms with Gasteiger partial charge in [0, 0.05) is 0 Å². The molecule has 1 aliphatic rings. The van der Waals surface area contributed by atoms with E-state index >= 15 is 0 Å². The molecule has 2 rings (SSSR count). The van der Waals surface area contributed by atoms with Crippen LogP contribution in [-0.4, -0.2) is 37.8 Å². The Morgan fingerprint density at radius 2 is 1.95 bits per heavy atom. The van der Waals surface area contributed by atoms with Crippen LogP contribution in [-0.2, 0) is 4.79 Å². The minimum Gasteiger partial charge on any atom is -0.480 e. The summed E-state index contributed by atoms with van der Waals surface area (Å²) < 4.78 is 0. The molecule has 19 heavy (non-hydrogen) atoms. The lowest BCUT2D eigenvalue weighted by Gasteiger charge is -2.33. The van der Waals surface area contributed by atoms with Crippen LogP contribution < -0.4 is 10.6 Å². The summed E-state index contributed by atoms with van der Waals surface area (Å²) in [5.74, 6) is -0.967. The summed E-state index contributed by atoms with van der Waals surface area (Å²) in [5.41, 5.74) is -1.19. The van der Waals surface area contributed by atoms with Crippen LogP contribution in [0.25, 0.3) is 0 Å². The second kappa shape index (κ2) is 5.59. The van der Waals surface area contributed by atoms with Crippen LogP contribution in [0.15, 0.2) is 12.4 Å². The highest BCUT2D eigenvalue weighted by Crippen LogP contribution is 2.28. The van der Waals surface area contributed by atoms with Crippen molar-refractivity contribution in [3.63, 3.8) is 0 Å². The van der Waals surface area contributed by atoms with Gasteiger partial charge in [-0.05, 0) is 12.8 Å². The van der Waals surface area contributed by atoms with Crippen molar-refractivity contribution in [2.24, 2.45) is 0 Å². The third-order valence-electron chi connectivity index (χ3n) is 3.18. The van der Waals surface area contributed by atoms with Gasteiger partial charge in [-0.25, -0.2) is 14.6 Å². The molecule has 3 N–H and O–H groups in total. The summed E-state index contributed by atoms with van der Waals surface area (Å²) in [4.78, 5) is 27.0. The smallest absolute Gasteiger partial charge is 0.329 e. The Bertz CT molecular complexity index is 459. The van der Waals surface area contributed by atoms with E-state index in [0.29, 0.717) is 12.8 Å². The first-order chi connectivity index (χ1) is 9.12. The predicted octanol–water partition coefficient (Wildman–Crippen LogP) is 0.781. The second-order valence-electron chi connectivity index (χ2n) is 4.49. The number of carbonyl (C=O) groups is 2. The number of carboxylic acid groups (broad SMARTS) is 1. The van der Waals surface area contributed by atoms with Crippen molar-refractivity contribution in [1.29, 1.82) is 0 Å². The van der Waals surface area contributed by atoms with Gasteiger partial charge in [-0.2, -0.15) is 5.10 Å². The van der Waals surface area contributed by atoms with Gasteiger partial charge in [0.1, 0.15) is 5.54 Å². The van der Waals surface area contributed by atoms with Crippen LogP contribution in [0, 0.1) is 0 Å². The lowest BCUT2D eigenvalue weighted by atomic mass is 9.82. The van der Waals surface area contributed by atoms with Crippen molar-refractivity contribution in [1.82, 2.24) is 20.5 Å². The average molecular weight is 265 g/mol. The first kappa shape index (κ1) is 13.2. The fraction of sp³-hybridized carbons (Fsp3) is 0.545. The van der Waals surface area contributed by atoms with Gasteiger partial charge in [-0.1, -0.05) is 19.3 Å². The maximum Gasteiger partial charge on any atom is 0.329 e. The number of aliphatic carboxylic acids is 1. The summed E-state index contributed by atoms with van der Waals surface area (Å²) in [7, 11) is 0. The van der Waals surface area contributed by atoms with E-state index in [0.717, 1.165) is 19.3 Å². The van der Waals surface area contributed by atoms with E-state index in [4.69, 9.17) is 0 Å². The monoisotopic (exact) mass is 265 g/mol. The molecule has 1 aliphatic carbocycles. The Kier molecular flexibility index (Phi) is 3.88. The Hall–Kier alpha value is -2.25. The number of hydrogen-bond donors (Lipinski definition) is 3. The summed E-state index contributed by atoms with van der Waals surface area (Å²) in [6.45, 7) is 0. The molecule has 0 saturated heterocycles. The molecule has 0 aliphatic heterocycles. The van der Waals surface area contributed by atoms with Crippen molar-refractivity contribution in [2.75, 3.05) is 5.32 Å². The average Bonchev–Trinajstić information content (AvgIpc) is 2.40. The number of nitrogens with one attached hydrogen (secondary N) is 2. The summed E-state index contributed by atoms with van der Waals surface area (Å²) in [5, 5.41) is 21.4. The highest BCUT2D eigenvalue weighted by Gasteiger charge is 2.41. The largest absolute Gasteiger partial charge is 0.480 e. The van der Waals surface area contributed by atoms with Gasteiger partial charge in [-0.15, -0.1) is 5.10 Å². The van der Waals surface area contributed by atoms with Gasteiger partial charge in [-0.3, -0.25) is 5.32 Å². The maximum absolute atomic E-state index is 11.8. The second-order valence-corrected chi connectivity index (χ2v) is 4.49. The molecule has 1 aromatic heterocycles. The van der Waals surface area contributed by atoms with Crippen LogP contribution >= 0.6 is 0 Å². The normalized spacial score (nSPS) is 17.5. The molecule has 1 heterocycles. The van der Waals surface area contributed by atoms with Gasteiger partial charge < -0.3 is 10.4 Å². The molecule has 0 aromatic carbocycles. The van der Waals surface area contributed by atoms with Gasteiger partial charge in [0.25, 0.3) is 5.95 Å². The molecular formula is C11H15N5O3. The third-order valence-corrected chi connectivity index (χ3v) is 3.18. The van der Waals surface area contributed by atoms with E-state index < -0.39 is 17.5 Å². The first-order valence-corrected chi connectivity index (χ1v) is 6.09. The lowest BCUT2D eigenvalue weighted by molar-refractivity contribution is -0.145. The topological polar surface area (TPSA) is 117 Å². The minimum atomic E-state index is -1.19. The van der Waals surface area contributed by atoms with E-state index in [1.54, 1.807) is 0 Å². The van der Waals surface area contributed by atoms with E-state index in [-0.39, 0.29) is 5.95 Å². The Morgan fingerprint density at radius 1 is 1.21 bits per heavy atom. The molecule has 0 bridgehead atoms. The number of aromatic nitrogens is 3. The molecule has 1 fully saturated rings. The minimum absolute atomic E-state index is 0.0383. The van der Waals surface area contributed by atoms with E-state index in [1.807, 2.05) is 0 Å². The Morgan fingerprint density at radius 3 is 2.53 bits per heavy atom.